The summed E-state index contributed by atoms with van der Waals surface area (Å²) in [6, 6.07) is 10.2. The summed E-state index contributed by atoms with van der Waals surface area (Å²) in [4.78, 5) is 22.8. The van der Waals surface area contributed by atoms with Crippen LogP contribution in [0.15, 0.2) is 30.3 Å². The van der Waals surface area contributed by atoms with Crippen molar-refractivity contribution in [2.24, 2.45) is 0 Å². The Balaban J connectivity index is 1.81. The van der Waals surface area contributed by atoms with Crippen LogP contribution in [0.5, 0.6) is 0 Å². The second-order valence-corrected chi connectivity index (χ2v) is 6.02. The number of carbonyl (C=O) groups excluding carboxylic acids is 1. The van der Waals surface area contributed by atoms with E-state index in [2.05, 4.69) is 46.3 Å². The Hall–Kier alpha value is -2.76. The van der Waals surface area contributed by atoms with Gasteiger partial charge < -0.3 is 4.90 Å². The van der Waals surface area contributed by atoms with Crippen LogP contribution in [0.3, 0.4) is 0 Å². The van der Waals surface area contributed by atoms with E-state index in [1.165, 1.54) is 5.56 Å². The summed E-state index contributed by atoms with van der Waals surface area (Å²) >= 11 is 0. The first-order valence-electron chi connectivity index (χ1n) is 8.02. The fourth-order valence-electron chi connectivity index (χ4n) is 2.65. The molecule has 24 heavy (non-hydrogen) atoms. The third kappa shape index (κ3) is 3.13. The van der Waals surface area contributed by atoms with E-state index in [9.17, 15) is 4.79 Å². The lowest BCUT2D eigenvalue weighted by Crippen LogP contribution is -2.27. The van der Waals surface area contributed by atoms with Crippen LogP contribution >= 0.6 is 0 Å². The van der Waals surface area contributed by atoms with Crippen LogP contribution in [-0.2, 0) is 13.0 Å². The summed E-state index contributed by atoms with van der Waals surface area (Å²) in [5.41, 5.74) is 4.13. The molecule has 0 aliphatic rings. The third-order valence-electron chi connectivity index (χ3n) is 4.01. The first-order valence-corrected chi connectivity index (χ1v) is 8.02. The molecule has 0 radical (unpaired) electrons. The summed E-state index contributed by atoms with van der Waals surface area (Å²) in [5.74, 6) is 0.414. The maximum absolute atomic E-state index is 12.6. The first kappa shape index (κ1) is 16.1. The lowest BCUT2D eigenvalue weighted by atomic mass is 10.1. The van der Waals surface area contributed by atoms with Gasteiger partial charge in [-0.05, 0) is 37.5 Å². The molecule has 3 aromatic rings. The molecule has 6 heteroatoms. The summed E-state index contributed by atoms with van der Waals surface area (Å²) in [7, 11) is 1.76. The fourth-order valence-corrected chi connectivity index (χ4v) is 2.65. The Labute approximate surface area is 141 Å². The second kappa shape index (κ2) is 6.39. The normalized spacial score (nSPS) is 11.0. The maximum atomic E-state index is 12.6. The van der Waals surface area contributed by atoms with E-state index in [1.807, 2.05) is 19.9 Å². The van der Waals surface area contributed by atoms with Crippen LogP contribution in [-0.4, -0.2) is 37.4 Å². The van der Waals surface area contributed by atoms with Gasteiger partial charge in [-0.25, -0.2) is 9.50 Å². The fraction of sp³-hybridized carbons (Fsp3) is 0.333. The van der Waals surface area contributed by atoms with E-state index in [4.69, 9.17) is 0 Å². The Bertz CT molecular complexity index is 882. The zero-order valence-electron chi connectivity index (χ0n) is 14.4. The Morgan fingerprint density at radius 3 is 2.46 bits per heavy atom. The average Bonchev–Trinajstić information content (AvgIpc) is 2.99. The minimum atomic E-state index is -0.211. The number of fused-ring (bicyclic) bond motifs is 1. The smallest absolute Gasteiger partial charge is 0.293 e. The zero-order chi connectivity index (χ0) is 17.3. The van der Waals surface area contributed by atoms with Gasteiger partial charge in [-0.2, -0.15) is 4.98 Å². The molecule has 0 unspecified atom stereocenters. The molecule has 3 rings (SSSR count). The van der Waals surface area contributed by atoms with E-state index in [0.717, 1.165) is 23.4 Å². The highest BCUT2D eigenvalue weighted by atomic mass is 16.2. The predicted molar refractivity (Wildman–Crippen MR) is 91.9 cm³/mol. The summed E-state index contributed by atoms with van der Waals surface area (Å²) in [6.07, 6.45) is 1.01. The quantitative estimate of drug-likeness (QED) is 0.740. The van der Waals surface area contributed by atoms with Crippen molar-refractivity contribution in [3.8, 4) is 0 Å². The zero-order valence-corrected chi connectivity index (χ0v) is 14.4. The van der Waals surface area contributed by atoms with Gasteiger partial charge in [0.15, 0.2) is 0 Å². The Kier molecular flexibility index (Phi) is 4.29. The van der Waals surface area contributed by atoms with Crippen LogP contribution in [0, 0.1) is 13.8 Å². The van der Waals surface area contributed by atoms with Crippen LogP contribution in [0.25, 0.3) is 5.78 Å². The minimum absolute atomic E-state index is 0.170. The van der Waals surface area contributed by atoms with E-state index < -0.39 is 0 Å². The molecule has 0 atom stereocenters. The second-order valence-electron chi connectivity index (χ2n) is 6.02. The van der Waals surface area contributed by atoms with Gasteiger partial charge in [0, 0.05) is 25.0 Å². The molecular weight excluding hydrogens is 302 g/mol. The number of hydrogen-bond acceptors (Lipinski definition) is 4. The number of carbonyl (C=O) groups is 1. The van der Waals surface area contributed by atoms with Crippen molar-refractivity contribution in [1.82, 2.24) is 24.5 Å². The van der Waals surface area contributed by atoms with E-state index >= 15 is 0 Å². The third-order valence-corrected chi connectivity index (χ3v) is 4.01. The lowest BCUT2D eigenvalue weighted by Gasteiger charge is -2.15. The van der Waals surface area contributed by atoms with Crippen molar-refractivity contribution in [2.45, 2.75) is 33.7 Å². The first-order chi connectivity index (χ1) is 11.5. The van der Waals surface area contributed by atoms with Crippen LogP contribution in [0.4, 0.5) is 0 Å². The summed E-state index contributed by atoms with van der Waals surface area (Å²) < 4.78 is 1.60. The monoisotopic (exact) mass is 323 g/mol. The van der Waals surface area contributed by atoms with E-state index in [-0.39, 0.29) is 11.7 Å². The molecule has 0 bridgehead atoms. The van der Waals surface area contributed by atoms with E-state index in [1.54, 1.807) is 16.5 Å². The molecule has 2 aromatic heterocycles. The van der Waals surface area contributed by atoms with Crippen molar-refractivity contribution in [3.05, 3.63) is 58.7 Å². The molecule has 0 spiro atoms. The van der Waals surface area contributed by atoms with Crippen LogP contribution in [0.2, 0.25) is 0 Å². The Morgan fingerprint density at radius 1 is 1.12 bits per heavy atom. The molecular formula is C18H21N5O. The van der Waals surface area contributed by atoms with Crippen molar-refractivity contribution in [1.29, 1.82) is 0 Å². The van der Waals surface area contributed by atoms with Gasteiger partial charge in [0.1, 0.15) is 0 Å². The molecule has 2 heterocycles. The predicted octanol–water partition coefficient (Wildman–Crippen LogP) is 2.58. The molecule has 0 aliphatic carbocycles. The number of rotatable bonds is 4. The maximum Gasteiger partial charge on any atom is 0.293 e. The lowest BCUT2D eigenvalue weighted by molar-refractivity contribution is 0.0773. The van der Waals surface area contributed by atoms with Crippen molar-refractivity contribution in [3.63, 3.8) is 0 Å². The standard InChI is InChI=1S/C18H21N5O/c1-5-14-6-8-15(9-7-14)11-22(4)17(24)16-20-18-19-12(2)10-13(3)23(18)21-16/h6-10H,5,11H2,1-4H3. The highest BCUT2D eigenvalue weighted by molar-refractivity contribution is 5.90. The van der Waals surface area contributed by atoms with Gasteiger partial charge in [0.05, 0.1) is 0 Å². The molecule has 0 aliphatic heterocycles. The molecule has 124 valence electrons. The van der Waals surface area contributed by atoms with Gasteiger partial charge in [0.2, 0.25) is 5.82 Å². The van der Waals surface area contributed by atoms with Gasteiger partial charge >= 0.3 is 0 Å². The molecule has 6 nitrogen and oxygen atoms in total. The number of aryl methyl sites for hydroxylation is 3. The number of hydrogen-bond donors (Lipinski definition) is 0. The van der Waals surface area contributed by atoms with Crippen molar-refractivity contribution < 1.29 is 4.79 Å². The molecule has 0 saturated carbocycles. The van der Waals surface area contributed by atoms with Gasteiger partial charge in [-0.3, -0.25) is 4.79 Å². The van der Waals surface area contributed by atoms with Crippen LogP contribution < -0.4 is 0 Å². The minimum Gasteiger partial charge on any atom is -0.335 e. The van der Waals surface area contributed by atoms with Crippen LogP contribution in [0.1, 0.15) is 40.1 Å². The molecule has 1 aromatic carbocycles. The Morgan fingerprint density at radius 2 is 1.79 bits per heavy atom. The van der Waals surface area contributed by atoms with Gasteiger partial charge in [-0.15, -0.1) is 5.10 Å². The molecule has 0 saturated heterocycles. The highest BCUT2D eigenvalue weighted by Crippen LogP contribution is 2.10. The van der Waals surface area contributed by atoms with Crippen molar-refractivity contribution in [2.75, 3.05) is 7.05 Å². The van der Waals surface area contributed by atoms with Gasteiger partial charge in [-0.1, -0.05) is 31.2 Å². The van der Waals surface area contributed by atoms with Crippen molar-refractivity contribution >= 4 is 11.7 Å². The topological polar surface area (TPSA) is 63.4 Å². The number of aromatic nitrogens is 4. The average molecular weight is 323 g/mol. The summed E-state index contributed by atoms with van der Waals surface area (Å²) in [6.45, 7) is 6.46. The molecule has 0 fully saturated rings. The van der Waals surface area contributed by atoms with Gasteiger partial charge in [0.25, 0.3) is 11.7 Å². The molecule has 1 amide bonds. The summed E-state index contributed by atoms with van der Waals surface area (Å²) in [5, 5.41) is 4.30. The highest BCUT2D eigenvalue weighted by Gasteiger charge is 2.19. The van der Waals surface area contributed by atoms with E-state index in [0.29, 0.717) is 12.3 Å². The number of nitrogens with zero attached hydrogens (tertiary/aromatic N) is 5. The SMILES string of the molecule is CCc1ccc(CN(C)C(=O)c2nc3nc(C)cc(C)n3n2)cc1. The number of benzene rings is 1. The molecule has 0 N–H and O–H groups in total. The number of amides is 1. The largest absolute Gasteiger partial charge is 0.335 e.